The van der Waals surface area contributed by atoms with Gasteiger partial charge in [-0.3, -0.25) is 9.48 Å². The van der Waals surface area contributed by atoms with Gasteiger partial charge < -0.3 is 5.73 Å². The maximum absolute atomic E-state index is 13.5. The quantitative estimate of drug-likeness (QED) is 0.539. The molecule has 0 aliphatic rings. The van der Waals surface area contributed by atoms with Gasteiger partial charge in [0.2, 0.25) is 6.43 Å². The smallest absolute Gasteiger partial charge is 0.244 e. The average molecular weight is 393 g/mol. The molecule has 0 aliphatic heterocycles. The maximum atomic E-state index is 13.5. The van der Waals surface area contributed by atoms with Crippen molar-refractivity contribution in [2.75, 3.05) is 5.73 Å². The number of benzene rings is 2. The summed E-state index contributed by atoms with van der Waals surface area (Å²) in [5.41, 5.74) is 5.58. The van der Waals surface area contributed by atoms with E-state index in [1.165, 1.54) is 23.9 Å². The number of rotatable bonds is 4. The van der Waals surface area contributed by atoms with Crippen LogP contribution in [0.4, 0.5) is 18.9 Å². The molecule has 5 nitrogen and oxygen atoms in total. The van der Waals surface area contributed by atoms with Crippen LogP contribution in [0.25, 0.3) is 10.9 Å². The minimum absolute atomic E-state index is 0.0100. The van der Waals surface area contributed by atoms with Crippen molar-refractivity contribution in [3.63, 3.8) is 0 Å². The third kappa shape index (κ3) is 3.22. The topological polar surface area (TPSA) is 84.7 Å². The summed E-state index contributed by atoms with van der Waals surface area (Å²) < 4.78 is 40.5. The molecular weight excluding hydrogens is 381 g/mol. The number of aromatic nitrogens is 2. The van der Waals surface area contributed by atoms with Crippen LogP contribution in [0.5, 0.6) is 0 Å². The van der Waals surface area contributed by atoms with Crippen LogP contribution < -0.4 is 5.73 Å². The van der Waals surface area contributed by atoms with E-state index in [4.69, 9.17) is 17.3 Å². The highest BCUT2D eigenvalue weighted by Crippen LogP contribution is 2.32. The predicted molar refractivity (Wildman–Crippen MR) is 94.4 cm³/mol. The van der Waals surface area contributed by atoms with Gasteiger partial charge in [0.05, 0.1) is 28.3 Å². The lowest BCUT2D eigenvalue weighted by atomic mass is 9.94. The zero-order valence-electron chi connectivity index (χ0n) is 13.9. The molecule has 0 atom stereocenters. The molecule has 1 aromatic heterocycles. The van der Waals surface area contributed by atoms with E-state index >= 15 is 0 Å². The van der Waals surface area contributed by atoms with E-state index in [9.17, 15) is 23.2 Å². The Bertz CT molecular complexity index is 1120. The molecule has 3 aromatic rings. The SMILES string of the molecule is Cn1nc2c(C#N)c(C(=O)c3cc(F)ccc3Cl)c(N)cc2c1CC(F)F. The summed E-state index contributed by atoms with van der Waals surface area (Å²) in [4.78, 5) is 12.9. The number of fused-ring (bicyclic) bond motifs is 1. The van der Waals surface area contributed by atoms with Crippen LogP contribution in [-0.2, 0) is 13.5 Å². The van der Waals surface area contributed by atoms with Crippen LogP contribution in [0.1, 0.15) is 27.2 Å². The highest BCUT2D eigenvalue weighted by Gasteiger charge is 2.26. The van der Waals surface area contributed by atoms with E-state index in [0.29, 0.717) is 0 Å². The van der Waals surface area contributed by atoms with Gasteiger partial charge in [-0.05, 0) is 24.3 Å². The van der Waals surface area contributed by atoms with Crippen molar-refractivity contribution >= 4 is 34.0 Å². The van der Waals surface area contributed by atoms with E-state index in [1.807, 2.05) is 6.07 Å². The monoisotopic (exact) mass is 392 g/mol. The lowest BCUT2D eigenvalue weighted by Gasteiger charge is -2.10. The lowest BCUT2D eigenvalue weighted by Crippen LogP contribution is -2.10. The molecule has 0 saturated carbocycles. The van der Waals surface area contributed by atoms with Crippen molar-refractivity contribution in [3.05, 3.63) is 57.5 Å². The van der Waals surface area contributed by atoms with E-state index in [0.717, 1.165) is 12.1 Å². The number of ketones is 1. The first kappa shape index (κ1) is 18.7. The lowest BCUT2D eigenvalue weighted by molar-refractivity contribution is 0.103. The van der Waals surface area contributed by atoms with Crippen molar-refractivity contribution in [3.8, 4) is 6.07 Å². The molecule has 0 amide bonds. The minimum Gasteiger partial charge on any atom is -0.398 e. The Morgan fingerprint density at radius 3 is 2.74 bits per heavy atom. The fourth-order valence-electron chi connectivity index (χ4n) is 2.95. The summed E-state index contributed by atoms with van der Waals surface area (Å²) in [7, 11) is 1.46. The summed E-state index contributed by atoms with van der Waals surface area (Å²) in [6.45, 7) is 0. The van der Waals surface area contributed by atoms with Crippen LogP contribution in [0.3, 0.4) is 0 Å². The van der Waals surface area contributed by atoms with Crippen LogP contribution in [-0.4, -0.2) is 22.0 Å². The molecule has 1 heterocycles. The van der Waals surface area contributed by atoms with Gasteiger partial charge >= 0.3 is 0 Å². The Kier molecular flexibility index (Phi) is 4.81. The number of halogens is 4. The zero-order valence-corrected chi connectivity index (χ0v) is 14.7. The number of alkyl halides is 2. The number of hydrogen-bond acceptors (Lipinski definition) is 4. The van der Waals surface area contributed by atoms with Gasteiger partial charge in [0.15, 0.2) is 5.78 Å². The Labute approximate surface area is 156 Å². The summed E-state index contributed by atoms with van der Waals surface area (Å²) in [5.74, 6) is -1.44. The highest BCUT2D eigenvalue weighted by atomic mass is 35.5. The summed E-state index contributed by atoms with van der Waals surface area (Å²) in [6, 6.07) is 6.42. The van der Waals surface area contributed by atoms with Gasteiger partial charge in [-0.1, -0.05) is 11.6 Å². The Hall–Kier alpha value is -3.05. The van der Waals surface area contributed by atoms with Gasteiger partial charge in [0.1, 0.15) is 17.4 Å². The highest BCUT2D eigenvalue weighted by molar-refractivity contribution is 6.35. The summed E-state index contributed by atoms with van der Waals surface area (Å²) in [5, 5.41) is 13.9. The van der Waals surface area contributed by atoms with Crippen molar-refractivity contribution in [2.45, 2.75) is 12.8 Å². The van der Waals surface area contributed by atoms with Crippen LogP contribution in [0.2, 0.25) is 5.02 Å². The first-order valence-corrected chi connectivity index (χ1v) is 8.08. The molecule has 0 aliphatic carbocycles. The third-order valence-corrected chi connectivity index (χ3v) is 4.47. The zero-order chi connectivity index (χ0) is 19.9. The molecule has 0 bridgehead atoms. The number of nitrogens with zero attached hydrogens (tertiary/aromatic N) is 3. The van der Waals surface area contributed by atoms with Crippen molar-refractivity contribution < 1.29 is 18.0 Å². The van der Waals surface area contributed by atoms with Crippen molar-refractivity contribution in [2.24, 2.45) is 7.05 Å². The molecule has 2 N–H and O–H groups in total. The molecular formula is C18H12ClF3N4O. The Morgan fingerprint density at radius 2 is 2.11 bits per heavy atom. The Morgan fingerprint density at radius 1 is 1.41 bits per heavy atom. The van der Waals surface area contributed by atoms with Gasteiger partial charge in [0.25, 0.3) is 0 Å². The number of nitriles is 1. The van der Waals surface area contributed by atoms with Crippen LogP contribution >= 0.6 is 11.6 Å². The van der Waals surface area contributed by atoms with Crippen molar-refractivity contribution in [1.82, 2.24) is 9.78 Å². The van der Waals surface area contributed by atoms with Crippen molar-refractivity contribution in [1.29, 1.82) is 5.26 Å². The molecule has 138 valence electrons. The molecule has 0 radical (unpaired) electrons. The fraction of sp³-hybridized carbons (Fsp3) is 0.167. The normalized spacial score (nSPS) is 11.1. The number of nitrogen functional groups attached to an aromatic ring is 1. The number of nitrogens with two attached hydrogens (primary N) is 1. The molecule has 0 spiro atoms. The second kappa shape index (κ2) is 6.93. The predicted octanol–water partition coefficient (Wildman–Crippen LogP) is 3.86. The van der Waals surface area contributed by atoms with Gasteiger partial charge in [0, 0.05) is 23.7 Å². The summed E-state index contributed by atoms with van der Waals surface area (Å²) >= 11 is 5.98. The standard InChI is InChI=1S/C18H12ClF3N4O/c1-26-14(6-15(21)22)10-5-13(24)16(11(7-23)17(10)25-26)18(27)9-4-8(20)2-3-12(9)19/h2-5,15H,6,24H2,1H3. The first-order chi connectivity index (χ1) is 12.7. The molecule has 9 heteroatoms. The number of aryl methyl sites for hydroxylation is 1. The second-order valence-electron chi connectivity index (χ2n) is 5.84. The molecule has 27 heavy (non-hydrogen) atoms. The largest absolute Gasteiger partial charge is 0.398 e. The molecule has 0 saturated heterocycles. The Balaban J connectivity index is 2.29. The number of carbonyl (C=O) groups excluding carboxylic acids is 1. The van der Waals surface area contributed by atoms with E-state index < -0.39 is 24.4 Å². The van der Waals surface area contributed by atoms with E-state index in [-0.39, 0.29) is 44.0 Å². The number of hydrogen-bond donors (Lipinski definition) is 1. The number of anilines is 1. The maximum Gasteiger partial charge on any atom is 0.244 e. The van der Waals surface area contributed by atoms with Gasteiger partial charge in [-0.15, -0.1) is 0 Å². The third-order valence-electron chi connectivity index (χ3n) is 4.14. The molecule has 0 fully saturated rings. The molecule has 2 aromatic carbocycles. The molecule has 0 unspecified atom stereocenters. The second-order valence-corrected chi connectivity index (χ2v) is 6.25. The van der Waals surface area contributed by atoms with Gasteiger partial charge in [-0.25, -0.2) is 13.2 Å². The first-order valence-electron chi connectivity index (χ1n) is 7.70. The van der Waals surface area contributed by atoms with E-state index in [1.54, 1.807) is 0 Å². The van der Waals surface area contributed by atoms with Crippen LogP contribution in [0.15, 0.2) is 24.3 Å². The molecule has 3 rings (SSSR count). The van der Waals surface area contributed by atoms with E-state index in [2.05, 4.69) is 5.10 Å². The summed E-state index contributed by atoms with van der Waals surface area (Å²) in [6.07, 6.45) is -3.21. The fourth-order valence-corrected chi connectivity index (χ4v) is 3.15. The van der Waals surface area contributed by atoms with Crippen LogP contribution in [0, 0.1) is 17.1 Å². The number of carbonyl (C=O) groups is 1. The average Bonchev–Trinajstić information content (AvgIpc) is 2.90. The van der Waals surface area contributed by atoms with Gasteiger partial charge in [-0.2, -0.15) is 10.4 Å². The minimum atomic E-state index is -2.62.